The van der Waals surface area contributed by atoms with Crippen molar-refractivity contribution in [1.29, 1.82) is 0 Å². The molecule has 0 aliphatic rings. The average molecular weight is 82.0 g/mol. The van der Waals surface area contributed by atoms with Gasteiger partial charge in [-0.2, -0.15) is 9.90 Å². The van der Waals surface area contributed by atoms with E-state index in [1.165, 1.54) is 0 Å². The Balaban J connectivity index is 0. The first-order chi connectivity index (χ1) is 0. The van der Waals surface area contributed by atoms with Gasteiger partial charge in [-0.25, -0.2) is 0 Å². The summed E-state index contributed by atoms with van der Waals surface area (Å²) in [6.45, 7) is 0. The van der Waals surface area contributed by atoms with Gasteiger partial charge in [0.2, 0.25) is 0 Å². The molecule has 0 aromatic carbocycles. The van der Waals surface area contributed by atoms with E-state index in [4.69, 9.17) is 0 Å². The third kappa shape index (κ3) is 13.1. The zero-order valence-corrected chi connectivity index (χ0v) is 2.94. The molecule has 0 nitrogen and oxygen atoms in total. The number of hydrogen-bond donors (Lipinski definition) is 0. The monoisotopic (exact) mass is 82.0 g/mol. The molecule has 0 saturated carbocycles. The fourth-order valence-electron chi connectivity index (χ4n) is 0. The van der Waals surface area contributed by atoms with E-state index in [9.17, 15) is 0 Å². The van der Waals surface area contributed by atoms with Gasteiger partial charge in [-0.3, -0.25) is 9.41 Å². The summed E-state index contributed by atoms with van der Waals surface area (Å²) in [6.07, 6.45) is 0. The molecule has 4 heavy (non-hydrogen) atoms. The molecule has 0 aliphatic heterocycles. The Morgan fingerprint density at radius 3 is 0.750 bits per heavy atom. The molecular weight excluding hydrogens is 75.9 g/mol. The first kappa shape index (κ1) is 93.8. The van der Waals surface area contributed by atoms with E-state index < -0.39 is 0 Å². The molecule has 0 N–H and O–H groups in total. The van der Waals surface area contributed by atoms with Crippen molar-refractivity contribution in [2.75, 3.05) is 0 Å². The zero-order chi connectivity index (χ0) is 0. The topological polar surface area (TPSA) is 0 Å². The van der Waals surface area contributed by atoms with Gasteiger partial charge in [0, 0.05) is 0 Å². The van der Waals surface area contributed by atoms with E-state index >= 15 is 0 Å². The van der Waals surface area contributed by atoms with Crippen LogP contribution in [-0.2, 0) is 0 Å². The molecule has 0 spiro atoms. The second-order valence-corrected chi connectivity index (χ2v) is 0. The predicted molar refractivity (Wildman–Crippen MR) is 23.3 cm³/mol. The van der Waals surface area contributed by atoms with E-state index in [0.717, 1.165) is 0 Å². The van der Waals surface area contributed by atoms with Crippen molar-refractivity contribution in [2.24, 2.45) is 0 Å². The third-order valence-corrected chi connectivity index (χ3v) is 0. The molecule has 1 atom stereocenters. The van der Waals surface area contributed by atoms with Gasteiger partial charge in [-0.1, -0.05) is 0 Å². The van der Waals surface area contributed by atoms with Gasteiger partial charge in [-0.15, -0.1) is 0 Å². The quantitative estimate of drug-likeness (QED) is 0.278. The SMILES string of the molecule is F.F.P.[LiH]. The summed E-state index contributed by atoms with van der Waals surface area (Å²) in [4.78, 5) is 0. The standard InChI is InChI=1S/2FH.Li.H3P.H/h2*1H;;1H3;. The van der Waals surface area contributed by atoms with Crippen LogP contribution in [0.25, 0.3) is 0 Å². The third-order valence-electron chi connectivity index (χ3n) is 0. The van der Waals surface area contributed by atoms with Crippen molar-refractivity contribution in [3.05, 3.63) is 0 Å². The first-order valence-electron chi connectivity index (χ1n) is 0. The van der Waals surface area contributed by atoms with E-state index in [1.807, 2.05) is 0 Å². The molecule has 0 heterocycles. The number of hydrogen-bond acceptors (Lipinski definition) is 0. The Kier molecular flexibility index (Phi) is 965. The van der Waals surface area contributed by atoms with Crippen LogP contribution in [-0.4, -0.2) is 18.9 Å². The van der Waals surface area contributed by atoms with Crippen LogP contribution >= 0.6 is 9.90 Å². The Morgan fingerprint density at radius 2 is 0.750 bits per heavy atom. The molecule has 0 radical (unpaired) electrons. The van der Waals surface area contributed by atoms with Crippen LogP contribution in [0.3, 0.4) is 0 Å². The summed E-state index contributed by atoms with van der Waals surface area (Å²) in [5.41, 5.74) is 0. The van der Waals surface area contributed by atoms with Gasteiger partial charge < -0.3 is 0 Å². The summed E-state index contributed by atoms with van der Waals surface area (Å²) < 4.78 is 0. The van der Waals surface area contributed by atoms with Gasteiger partial charge in [0.05, 0.1) is 0 Å². The Morgan fingerprint density at radius 1 is 0.750 bits per heavy atom. The molecule has 0 aromatic heterocycles. The maximum atomic E-state index is 0. The minimum absolute atomic E-state index is 0. The second kappa shape index (κ2) is 41.2. The molecule has 4 heteroatoms. The van der Waals surface area contributed by atoms with E-state index in [0.29, 0.717) is 0 Å². The van der Waals surface area contributed by atoms with Crippen molar-refractivity contribution >= 4 is 28.8 Å². The van der Waals surface area contributed by atoms with Gasteiger partial charge >= 0.3 is 18.9 Å². The van der Waals surface area contributed by atoms with Crippen molar-refractivity contribution in [3.8, 4) is 0 Å². The number of halogens is 2. The van der Waals surface area contributed by atoms with Crippen molar-refractivity contribution < 1.29 is 9.41 Å². The average Bonchev–Trinajstić information content (AvgIpc) is 0. The summed E-state index contributed by atoms with van der Waals surface area (Å²) in [5.74, 6) is 0. The Bertz CT molecular complexity index is 6.00. The molecule has 1 unspecified atom stereocenters. The summed E-state index contributed by atoms with van der Waals surface area (Å²) >= 11 is 0. The fourth-order valence-corrected chi connectivity index (χ4v) is 0. The van der Waals surface area contributed by atoms with E-state index in [-0.39, 0.29) is 38.2 Å². The summed E-state index contributed by atoms with van der Waals surface area (Å²) in [6, 6.07) is 0. The fraction of sp³-hybridized carbons (Fsp3) is 0. The van der Waals surface area contributed by atoms with Gasteiger partial charge in [0.1, 0.15) is 0 Å². The molecule has 26 valence electrons. The molecule has 0 rings (SSSR count). The molecular formula is H6F2LiP. The zero-order valence-electron chi connectivity index (χ0n) is 1.52. The molecule has 0 fully saturated rings. The van der Waals surface area contributed by atoms with Gasteiger partial charge in [0.25, 0.3) is 0 Å². The van der Waals surface area contributed by atoms with Crippen LogP contribution < -0.4 is 0 Å². The van der Waals surface area contributed by atoms with E-state index in [1.54, 1.807) is 0 Å². The van der Waals surface area contributed by atoms with Crippen molar-refractivity contribution in [2.45, 2.75) is 0 Å². The molecule has 0 aromatic rings. The van der Waals surface area contributed by atoms with E-state index in [2.05, 4.69) is 0 Å². The first-order valence-corrected chi connectivity index (χ1v) is 0. The van der Waals surface area contributed by atoms with Crippen LogP contribution in [0.5, 0.6) is 0 Å². The Hall–Kier alpha value is 0.887. The predicted octanol–water partition coefficient (Wildman–Crippen LogP) is -0.285. The van der Waals surface area contributed by atoms with Crippen molar-refractivity contribution in [1.82, 2.24) is 0 Å². The molecule has 0 amide bonds. The van der Waals surface area contributed by atoms with Gasteiger partial charge in [0.15, 0.2) is 0 Å². The van der Waals surface area contributed by atoms with Gasteiger partial charge in [-0.05, 0) is 0 Å². The molecule has 0 saturated heterocycles. The summed E-state index contributed by atoms with van der Waals surface area (Å²) in [5, 5.41) is 0. The normalized spacial score (nSPS) is 0. The minimum atomic E-state index is 0. The van der Waals surface area contributed by atoms with Crippen LogP contribution in [0.15, 0.2) is 0 Å². The van der Waals surface area contributed by atoms with Crippen LogP contribution in [0.4, 0.5) is 9.41 Å². The molecule has 0 bridgehead atoms. The summed E-state index contributed by atoms with van der Waals surface area (Å²) in [7, 11) is 0. The maximum absolute atomic E-state index is 0. The number of rotatable bonds is 0. The Labute approximate surface area is 38.9 Å². The van der Waals surface area contributed by atoms with Crippen molar-refractivity contribution in [3.63, 3.8) is 0 Å². The van der Waals surface area contributed by atoms with Crippen LogP contribution in [0.1, 0.15) is 0 Å². The second-order valence-electron chi connectivity index (χ2n) is 0. The molecule has 0 aliphatic carbocycles. The van der Waals surface area contributed by atoms with Crippen LogP contribution in [0, 0.1) is 0 Å². The van der Waals surface area contributed by atoms with Crippen LogP contribution in [0.2, 0.25) is 0 Å².